The Kier molecular flexibility index (Phi) is 3.45. The third-order valence-corrected chi connectivity index (χ3v) is 3.05. The highest BCUT2D eigenvalue weighted by atomic mass is 16.3. The van der Waals surface area contributed by atoms with E-state index in [0.29, 0.717) is 0 Å². The fourth-order valence-corrected chi connectivity index (χ4v) is 2.20. The Labute approximate surface area is 107 Å². The van der Waals surface area contributed by atoms with Gasteiger partial charge in [-0.25, -0.2) is 0 Å². The van der Waals surface area contributed by atoms with Gasteiger partial charge in [0.1, 0.15) is 0 Å². The van der Waals surface area contributed by atoms with E-state index in [1.807, 2.05) is 66.7 Å². The molecule has 0 aliphatic rings. The second kappa shape index (κ2) is 5.03. The molecule has 1 atom stereocenters. The monoisotopic (exact) mass is 237 g/mol. The molecule has 2 aromatic carbocycles. The average Bonchev–Trinajstić information content (AvgIpc) is 2.41. The first-order chi connectivity index (χ1) is 8.65. The van der Waals surface area contributed by atoms with Gasteiger partial charge < -0.3 is 5.11 Å². The van der Waals surface area contributed by atoms with Crippen molar-refractivity contribution >= 4 is 0 Å². The number of aliphatic hydroxyl groups is 1. The molecule has 1 N–H and O–H groups in total. The van der Waals surface area contributed by atoms with Crippen molar-refractivity contribution in [3.05, 3.63) is 71.8 Å². The fourth-order valence-electron chi connectivity index (χ4n) is 2.20. The molecule has 2 heteroatoms. The smallest absolute Gasteiger partial charge is 0.159 e. The number of benzene rings is 2. The summed E-state index contributed by atoms with van der Waals surface area (Å²) in [6.45, 7) is 1.55. The number of hydrogen-bond donors (Lipinski definition) is 1. The Morgan fingerprint density at radius 3 is 1.67 bits per heavy atom. The van der Waals surface area contributed by atoms with E-state index in [1.54, 1.807) is 6.92 Å². The highest BCUT2D eigenvalue weighted by Crippen LogP contribution is 2.34. The molecule has 0 aliphatic heterocycles. The first kappa shape index (κ1) is 12.3. The molecule has 0 saturated carbocycles. The maximum Gasteiger partial charge on any atom is 0.159 e. The van der Waals surface area contributed by atoms with Gasteiger partial charge in [0.2, 0.25) is 0 Å². The summed E-state index contributed by atoms with van der Waals surface area (Å²) in [4.78, 5) is 0. The lowest BCUT2D eigenvalue weighted by atomic mass is 9.79. The first-order valence-corrected chi connectivity index (χ1v) is 5.88. The Bertz CT molecular complexity index is 501. The van der Waals surface area contributed by atoms with Crippen molar-refractivity contribution in [1.29, 1.82) is 5.26 Å². The van der Waals surface area contributed by atoms with Crippen molar-refractivity contribution in [3.8, 4) is 6.07 Å². The zero-order valence-corrected chi connectivity index (χ0v) is 10.2. The molecule has 1 unspecified atom stereocenters. The lowest BCUT2D eigenvalue weighted by molar-refractivity contribution is 0.101. The van der Waals surface area contributed by atoms with Gasteiger partial charge in [-0.3, -0.25) is 0 Å². The summed E-state index contributed by atoms with van der Waals surface area (Å²) >= 11 is 0. The molecular formula is C16H15NO. The number of hydrogen-bond acceptors (Lipinski definition) is 2. The molecule has 2 nitrogen and oxygen atoms in total. The van der Waals surface area contributed by atoms with Crippen LogP contribution in [-0.4, -0.2) is 10.7 Å². The molecule has 0 spiro atoms. The van der Waals surface area contributed by atoms with Crippen LogP contribution in [0.5, 0.6) is 0 Å². The summed E-state index contributed by atoms with van der Waals surface area (Å²) < 4.78 is 0. The third-order valence-electron chi connectivity index (χ3n) is 3.05. The zero-order chi connectivity index (χ0) is 13.0. The van der Waals surface area contributed by atoms with Gasteiger partial charge in [0.05, 0.1) is 12.0 Å². The maximum atomic E-state index is 10.3. The van der Waals surface area contributed by atoms with E-state index in [4.69, 9.17) is 0 Å². The SMILES string of the molecule is CC(O)(C#N)C(c1ccccc1)c1ccccc1. The van der Waals surface area contributed by atoms with Crippen molar-refractivity contribution in [1.82, 2.24) is 0 Å². The van der Waals surface area contributed by atoms with Crippen LogP contribution >= 0.6 is 0 Å². The summed E-state index contributed by atoms with van der Waals surface area (Å²) in [6, 6.07) is 21.2. The summed E-state index contributed by atoms with van der Waals surface area (Å²) in [5.74, 6) is -0.343. The topological polar surface area (TPSA) is 44.0 Å². The van der Waals surface area contributed by atoms with Crippen molar-refractivity contribution < 1.29 is 5.11 Å². The van der Waals surface area contributed by atoms with Crippen molar-refractivity contribution in [3.63, 3.8) is 0 Å². The van der Waals surface area contributed by atoms with Gasteiger partial charge in [-0.1, -0.05) is 60.7 Å². The van der Waals surface area contributed by atoms with Gasteiger partial charge in [-0.2, -0.15) is 5.26 Å². The van der Waals surface area contributed by atoms with Gasteiger partial charge in [0, 0.05) is 0 Å². The van der Waals surface area contributed by atoms with Crippen molar-refractivity contribution in [2.75, 3.05) is 0 Å². The largest absolute Gasteiger partial charge is 0.375 e. The van der Waals surface area contributed by atoms with Crippen LogP contribution in [0.2, 0.25) is 0 Å². The van der Waals surface area contributed by atoms with Gasteiger partial charge in [0.15, 0.2) is 5.60 Å². The van der Waals surface area contributed by atoms with E-state index in [2.05, 4.69) is 0 Å². The summed E-state index contributed by atoms with van der Waals surface area (Å²) in [5, 5.41) is 19.5. The van der Waals surface area contributed by atoms with E-state index in [9.17, 15) is 10.4 Å². The van der Waals surface area contributed by atoms with Crippen LogP contribution in [-0.2, 0) is 0 Å². The molecule has 0 aromatic heterocycles. The molecule has 0 fully saturated rings. The Morgan fingerprint density at radius 2 is 1.33 bits per heavy atom. The van der Waals surface area contributed by atoms with E-state index in [0.717, 1.165) is 11.1 Å². The standard InChI is InChI=1S/C16H15NO/c1-16(18,12-17)15(13-8-4-2-5-9-13)14-10-6-3-7-11-14/h2-11,15,18H,1H3. The molecule has 2 aromatic rings. The highest BCUT2D eigenvalue weighted by Gasteiger charge is 2.34. The van der Waals surface area contributed by atoms with E-state index < -0.39 is 5.60 Å². The first-order valence-electron chi connectivity index (χ1n) is 5.88. The summed E-state index contributed by atoms with van der Waals surface area (Å²) in [7, 11) is 0. The Balaban J connectivity index is 2.53. The molecule has 90 valence electrons. The van der Waals surface area contributed by atoms with E-state index in [1.165, 1.54) is 0 Å². The Hall–Kier alpha value is -2.11. The van der Waals surface area contributed by atoms with Crippen LogP contribution < -0.4 is 0 Å². The van der Waals surface area contributed by atoms with E-state index in [-0.39, 0.29) is 5.92 Å². The molecule has 0 radical (unpaired) electrons. The van der Waals surface area contributed by atoms with Crippen LogP contribution in [0.25, 0.3) is 0 Å². The third kappa shape index (κ3) is 2.42. The molecule has 2 rings (SSSR count). The average molecular weight is 237 g/mol. The molecule has 18 heavy (non-hydrogen) atoms. The lowest BCUT2D eigenvalue weighted by Gasteiger charge is -2.27. The predicted octanol–water partition coefficient (Wildman–Crippen LogP) is 3.09. The molecule has 0 aliphatic carbocycles. The maximum absolute atomic E-state index is 10.3. The van der Waals surface area contributed by atoms with Crippen LogP contribution in [0.1, 0.15) is 24.0 Å². The summed E-state index contributed by atoms with van der Waals surface area (Å²) in [5.41, 5.74) is 0.452. The number of nitriles is 1. The minimum Gasteiger partial charge on any atom is -0.375 e. The number of nitrogens with zero attached hydrogens (tertiary/aromatic N) is 1. The molecule has 0 saturated heterocycles. The molecule has 0 heterocycles. The normalized spacial score (nSPS) is 13.9. The van der Waals surface area contributed by atoms with Crippen LogP contribution in [0.15, 0.2) is 60.7 Å². The quantitative estimate of drug-likeness (QED) is 0.834. The fraction of sp³-hybridized carbons (Fsp3) is 0.188. The van der Waals surface area contributed by atoms with Crippen LogP contribution in [0.3, 0.4) is 0 Å². The second-order valence-corrected chi connectivity index (χ2v) is 4.51. The summed E-state index contributed by atoms with van der Waals surface area (Å²) in [6.07, 6.45) is 0. The van der Waals surface area contributed by atoms with Gasteiger partial charge >= 0.3 is 0 Å². The minimum absolute atomic E-state index is 0.343. The second-order valence-electron chi connectivity index (χ2n) is 4.51. The highest BCUT2D eigenvalue weighted by molar-refractivity contribution is 5.38. The minimum atomic E-state index is -1.43. The van der Waals surface area contributed by atoms with Crippen molar-refractivity contribution in [2.24, 2.45) is 0 Å². The zero-order valence-electron chi connectivity index (χ0n) is 10.2. The molecule has 0 amide bonds. The van der Waals surface area contributed by atoms with Gasteiger partial charge in [-0.15, -0.1) is 0 Å². The predicted molar refractivity (Wildman–Crippen MR) is 71.0 cm³/mol. The lowest BCUT2D eigenvalue weighted by Crippen LogP contribution is -2.31. The van der Waals surface area contributed by atoms with Gasteiger partial charge in [0.25, 0.3) is 0 Å². The number of rotatable bonds is 3. The van der Waals surface area contributed by atoms with Crippen LogP contribution in [0.4, 0.5) is 0 Å². The Morgan fingerprint density at radius 1 is 0.944 bits per heavy atom. The molecule has 0 bridgehead atoms. The molecular weight excluding hydrogens is 222 g/mol. The van der Waals surface area contributed by atoms with Gasteiger partial charge in [-0.05, 0) is 18.1 Å². The van der Waals surface area contributed by atoms with E-state index >= 15 is 0 Å². The van der Waals surface area contributed by atoms with Crippen molar-refractivity contribution in [2.45, 2.75) is 18.4 Å². The van der Waals surface area contributed by atoms with Crippen LogP contribution in [0, 0.1) is 11.3 Å².